The van der Waals surface area contributed by atoms with Gasteiger partial charge in [-0.05, 0) is 23.6 Å². The van der Waals surface area contributed by atoms with Crippen molar-refractivity contribution in [3.05, 3.63) is 108 Å². The van der Waals surface area contributed by atoms with Gasteiger partial charge in [0.15, 0.2) is 12.4 Å². The van der Waals surface area contributed by atoms with Crippen LogP contribution >= 0.6 is 34.8 Å². The van der Waals surface area contributed by atoms with E-state index in [0.29, 0.717) is 6.61 Å². The molecule has 0 aromatic heterocycles. The highest BCUT2D eigenvalue weighted by Crippen LogP contribution is 2.36. The fraction of sp³-hybridized carbons (Fsp3) is 0.474. The summed E-state index contributed by atoms with van der Waals surface area (Å²) in [6, 6.07) is 27.6. The van der Waals surface area contributed by atoms with Crippen LogP contribution in [0.3, 0.4) is 0 Å². The van der Waals surface area contributed by atoms with Crippen LogP contribution in [0.5, 0.6) is 0 Å². The lowest BCUT2D eigenvalue weighted by Gasteiger charge is -2.49. The number of alkyl halides is 3. The molecule has 2 heterocycles. The van der Waals surface area contributed by atoms with Gasteiger partial charge in [0, 0.05) is 11.8 Å². The Labute approximate surface area is 313 Å². The number of nitrogens with one attached hydrogen (secondary N) is 1. The molecule has 0 aliphatic carbocycles. The number of benzene rings is 3. The second-order valence-corrected chi connectivity index (χ2v) is 15.2. The van der Waals surface area contributed by atoms with Gasteiger partial charge in [-0.1, -0.05) is 140 Å². The third kappa shape index (κ3) is 10.7. The third-order valence-electron chi connectivity index (χ3n) is 9.25. The fourth-order valence-electron chi connectivity index (χ4n) is 6.28. The quantitative estimate of drug-likeness (QED) is 0.162. The number of rotatable bonds is 13. The first-order chi connectivity index (χ1) is 24.4. The van der Waals surface area contributed by atoms with Crippen molar-refractivity contribution in [2.24, 2.45) is 11.8 Å². The van der Waals surface area contributed by atoms with Crippen LogP contribution in [0.4, 0.5) is 0 Å². The fourth-order valence-corrected chi connectivity index (χ4v) is 6.44. The van der Waals surface area contributed by atoms with Crippen LogP contribution in [-0.2, 0) is 57.8 Å². The van der Waals surface area contributed by atoms with Crippen LogP contribution in [0.2, 0.25) is 0 Å². The minimum atomic E-state index is -2.25. The molecule has 10 nitrogen and oxygen atoms in total. The summed E-state index contributed by atoms with van der Waals surface area (Å²) in [6.45, 7) is 6.18. The highest BCUT2D eigenvalue weighted by atomic mass is 35.6. The highest BCUT2D eigenvalue weighted by molar-refractivity contribution is 6.76. The Kier molecular flexibility index (Phi) is 14.2. The summed E-state index contributed by atoms with van der Waals surface area (Å²) in [5.41, 5.74) is 2.67. The minimum Gasteiger partial charge on any atom is -0.459 e. The van der Waals surface area contributed by atoms with Crippen molar-refractivity contribution in [1.82, 2.24) is 5.32 Å². The molecule has 2 fully saturated rings. The minimum absolute atomic E-state index is 0.00952. The average Bonchev–Trinajstić information content (AvgIpc) is 3.12. The van der Waals surface area contributed by atoms with Crippen molar-refractivity contribution < 1.29 is 43.1 Å². The summed E-state index contributed by atoms with van der Waals surface area (Å²) < 4.78 is 35.1. The van der Waals surface area contributed by atoms with E-state index in [1.807, 2.05) is 97.9 Å². The van der Waals surface area contributed by atoms with Crippen LogP contribution in [-0.4, -0.2) is 76.3 Å². The van der Waals surface area contributed by atoms with E-state index in [2.05, 4.69) is 5.32 Å². The van der Waals surface area contributed by atoms with Crippen LogP contribution in [0.25, 0.3) is 0 Å². The highest BCUT2D eigenvalue weighted by Gasteiger charge is 2.52. The molecule has 0 radical (unpaired) electrons. The molecule has 13 heteroatoms. The number of ether oxygens (including phenoxy) is 6. The number of halogens is 3. The summed E-state index contributed by atoms with van der Waals surface area (Å²) in [5.74, 6) is -2.68. The summed E-state index contributed by atoms with van der Waals surface area (Å²) in [6.07, 6.45) is -6.63. The first kappa shape index (κ1) is 39.4. The summed E-state index contributed by atoms with van der Waals surface area (Å²) >= 11 is 17.9. The number of aliphatic hydroxyl groups excluding tert-OH is 1. The van der Waals surface area contributed by atoms with Crippen molar-refractivity contribution in [1.29, 1.82) is 0 Å². The van der Waals surface area contributed by atoms with Crippen LogP contribution in [0.1, 0.15) is 37.5 Å². The van der Waals surface area contributed by atoms with Crippen LogP contribution in [0, 0.1) is 11.8 Å². The maximum atomic E-state index is 13.4. The number of hydrogen-bond donors (Lipinski definition) is 2. The second-order valence-electron chi connectivity index (χ2n) is 13.0. The van der Waals surface area contributed by atoms with Crippen LogP contribution in [0.15, 0.2) is 91.0 Å². The summed E-state index contributed by atoms with van der Waals surface area (Å²) in [4.78, 5) is 26.4. The normalized spacial score (nSPS) is 29.6. The lowest BCUT2D eigenvalue weighted by atomic mass is 9.86. The molecule has 0 spiro atoms. The predicted molar refractivity (Wildman–Crippen MR) is 192 cm³/mol. The predicted octanol–water partition coefficient (Wildman–Crippen LogP) is 5.92. The van der Waals surface area contributed by atoms with E-state index in [1.54, 1.807) is 13.8 Å². The molecule has 0 saturated carbocycles. The lowest BCUT2D eigenvalue weighted by molar-refractivity contribution is -0.320. The second kappa shape index (κ2) is 18.3. The number of carbonyl (C=O) groups is 2. The Bertz CT molecular complexity index is 1530. The topological polar surface area (TPSA) is 122 Å². The van der Waals surface area contributed by atoms with Gasteiger partial charge in [-0.25, -0.2) is 4.79 Å². The Hall–Kier alpha value is -2.77. The van der Waals surface area contributed by atoms with Crippen molar-refractivity contribution >= 4 is 46.7 Å². The molecular weight excluding hydrogens is 721 g/mol. The van der Waals surface area contributed by atoms with E-state index in [-0.39, 0.29) is 19.8 Å². The molecule has 5 rings (SSSR count). The number of amides is 1. The van der Waals surface area contributed by atoms with Crippen molar-refractivity contribution in [2.75, 3.05) is 6.61 Å². The number of esters is 1. The Morgan fingerprint density at radius 3 is 1.88 bits per heavy atom. The average molecular weight is 765 g/mol. The number of hydrogen-bond acceptors (Lipinski definition) is 9. The molecule has 10 atom stereocenters. The summed E-state index contributed by atoms with van der Waals surface area (Å²) in [5, 5.41) is 14.2. The molecular formula is C38H44Cl3NO9. The Balaban J connectivity index is 1.40. The SMILES string of the molecule is C[C@@H]1OC(COCc2ccccc2)[C@H](C)[C@H](O[C@@H]2OC(C(=O)OCc3ccccc3)[C@H](O)[C@H](C)C2OCc2ccccc2)C1NC(=O)C(Cl)(Cl)Cl. The van der Waals surface area contributed by atoms with Gasteiger partial charge in [-0.3, -0.25) is 4.79 Å². The molecule has 51 heavy (non-hydrogen) atoms. The maximum absolute atomic E-state index is 13.4. The largest absolute Gasteiger partial charge is 0.459 e. The molecule has 2 N–H and O–H groups in total. The molecule has 0 bridgehead atoms. The first-order valence-corrected chi connectivity index (χ1v) is 18.1. The van der Waals surface area contributed by atoms with E-state index in [9.17, 15) is 14.7 Å². The van der Waals surface area contributed by atoms with Gasteiger partial charge in [-0.2, -0.15) is 0 Å². The third-order valence-corrected chi connectivity index (χ3v) is 9.77. The van der Waals surface area contributed by atoms with Gasteiger partial charge < -0.3 is 38.8 Å². The molecule has 2 aliphatic heterocycles. The zero-order valence-electron chi connectivity index (χ0n) is 28.6. The van der Waals surface area contributed by atoms with E-state index < -0.39 is 76.5 Å². The monoisotopic (exact) mass is 763 g/mol. The zero-order chi connectivity index (χ0) is 36.5. The van der Waals surface area contributed by atoms with Gasteiger partial charge in [-0.15, -0.1) is 0 Å². The van der Waals surface area contributed by atoms with Gasteiger partial charge in [0.25, 0.3) is 9.70 Å². The van der Waals surface area contributed by atoms with E-state index in [0.717, 1.165) is 16.7 Å². The molecule has 3 aromatic carbocycles. The zero-order valence-corrected chi connectivity index (χ0v) is 30.9. The van der Waals surface area contributed by atoms with Gasteiger partial charge in [0.2, 0.25) is 0 Å². The van der Waals surface area contributed by atoms with E-state index in [4.69, 9.17) is 63.2 Å². The Morgan fingerprint density at radius 2 is 1.31 bits per heavy atom. The molecule has 3 aromatic rings. The van der Waals surface area contributed by atoms with Gasteiger partial charge >= 0.3 is 5.97 Å². The molecule has 2 aliphatic rings. The maximum Gasteiger partial charge on any atom is 0.338 e. The van der Waals surface area contributed by atoms with Gasteiger partial charge in [0.1, 0.15) is 12.7 Å². The number of carbonyl (C=O) groups excluding carboxylic acids is 2. The van der Waals surface area contributed by atoms with E-state index in [1.165, 1.54) is 0 Å². The van der Waals surface area contributed by atoms with E-state index >= 15 is 0 Å². The first-order valence-electron chi connectivity index (χ1n) is 16.9. The Morgan fingerprint density at radius 1 is 0.765 bits per heavy atom. The lowest BCUT2D eigenvalue weighted by Crippen LogP contribution is -2.65. The smallest absolute Gasteiger partial charge is 0.338 e. The van der Waals surface area contributed by atoms with Gasteiger partial charge in [0.05, 0.1) is 50.3 Å². The number of aliphatic hydroxyl groups is 1. The van der Waals surface area contributed by atoms with Crippen LogP contribution < -0.4 is 5.32 Å². The van der Waals surface area contributed by atoms with Crippen molar-refractivity contribution in [3.8, 4) is 0 Å². The molecule has 2 saturated heterocycles. The van der Waals surface area contributed by atoms with Crippen molar-refractivity contribution in [3.63, 3.8) is 0 Å². The molecule has 4 unspecified atom stereocenters. The van der Waals surface area contributed by atoms with Crippen molar-refractivity contribution in [2.45, 2.75) is 93.3 Å². The summed E-state index contributed by atoms with van der Waals surface area (Å²) in [7, 11) is 0. The molecule has 1 amide bonds. The standard InChI is InChI=1S/C38H44Cl3NO9/c1-23-29(22-46-19-26-13-7-4-8-14-26)49-25(3)30(42-37(45)38(39,40)41)32(23)50-36-33(47-20-27-15-9-5-10-16-27)24(2)31(43)34(51-36)35(44)48-21-28-17-11-6-12-18-28/h4-18,23-25,29-34,36,43H,19-22H2,1-3H3,(H,42,45)/t23-,24-,25-,29?,30?,31+,32-,33?,34?,36+/m0/s1. The molecule has 276 valence electrons.